The summed E-state index contributed by atoms with van der Waals surface area (Å²) in [7, 11) is 3.03. The molecule has 0 saturated carbocycles. The van der Waals surface area contributed by atoms with Gasteiger partial charge in [0.15, 0.2) is 11.5 Å². The normalized spacial score (nSPS) is 10.7. The maximum absolute atomic E-state index is 12.5. The van der Waals surface area contributed by atoms with E-state index in [4.69, 9.17) is 30.5 Å². The predicted molar refractivity (Wildman–Crippen MR) is 128 cm³/mol. The molecule has 0 spiro atoms. The molecule has 0 saturated heterocycles. The van der Waals surface area contributed by atoms with E-state index in [2.05, 4.69) is 10.5 Å². The number of carbonyl (C=O) groups is 1. The van der Waals surface area contributed by atoms with Crippen LogP contribution in [0.2, 0.25) is 5.02 Å². The number of nitrogens with one attached hydrogen (secondary N) is 1. The van der Waals surface area contributed by atoms with E-state index < -0.39 is 5.91 Å². The lowest BCUT2D eigenvalue weighted by Gasteiger charge is -2.13. The fourth-order valence-electron chi connectivity index (χ4n) is 2.98. The molecule has 3 aromatic carbocycles. The fourth-order valence-corrected chi connectivity index (χ4v) is 3.17. The van der Waals surface area contributed by atoms with Crippen molar-refractivity contribution in [3.8, 4) is 23.0 Å². The van der Waals surface area contributed by atoms with E-state index >= 15 is 0 Å². The number of carbonyl (C=O) groups excluding carboxylic acids is 1. The molecule has 33 heavy (non-hydrogen) atoms. The highest BCUT2D eigenvalue weighted by Crippen LogP contribution is 2.30. The molecule has 0 heterocycles. The Morgan fingerprint density at radius 1 is 0.970 bits per heavy atom. The predicted octanol–water partition coefficient (Wildman–Crippen LogP) is 5.10. The van der Waals surface area contributed by atoms with Gasteiger partial charge in [0.05, 0.1) is 32.6 Å². The topological polar surface area (TPSA) is 78.4 Å². The second-order valence-electron chi connectivity index (χ2n) is 6.78. The van der Waals surface area contributed by atoms with Crippen molar-refractivity contribution in [2.24, 2.45) is 5.10 Å². The highest BCUT2D eigenvalue weighted by atomic mass is 35.5. The van der Waals surface area contributed by atoms with Crippen LogP contribution in [0.1, 0.15) is 28.4 Å². The summed E-state index contributed by atoms with van der Waals surface area (Å²) >= 11 is 6.20. The molecule has 0 radical (unpaired) electrons. The van der Waals surface area contributed by atoms with Gasteiger partial charge in [-0.1, -0.05) is 29.8 Å². The molecular formula is C25H25ClN2O5. The van der Waals surface area contributed by atoms with Crippen LogP contribution < -0.4 is 24.4 Å². The number of ether oxygens (including phenoxy) is 4. The Balaban J connectivity index is 1.68. The zero-order chi connectivity index (χ0) is 23.6. The third-order valence-electron chi connectivity index (χ3n) is 4.64. The van der Waals surface area contributed by atoms with Crippen molar-refractivity contribution in [1.82, 2.24) is 5.43 Å². The quantitative estimate of drug-likeness (QED) is 0.331. The van der Waals surface area contributed by atoms with E-state index in [1.165, 1.54) is 13.3 Å². The first-order chi connectivity index (χ1) is 16.0. The second-order valence-corrected chi connectivity index (χ2v) is 7.19. The molecule has 0 aromatic heterocycles. The molecule has 0 unspecified atom stereocenters. The molecule has 0 bridgehead atoms. The van der Waals surface area contributed by atoms with E-state index in [0.29, 0.717) is 46.8 Å². The molecular weight excluding hydrogens is 444 g/mol. The minimum atomic E-state index is -0.407. The van der Waals surface area contributed by atoms with Gasteiger partial charge in [0.2, 0.25) is 0 Å². The van der Waals surface area contributed by atoms with Crippen molar-refractivity contribution in [3.63, 3.8) is 0 Å². The smallest absolute Gasteiger partial charge is 0.275 e. The zero-order valence-electron chi connectivity index (χ0n) is 18.6. The van der Waals surface area contributed by atoms with Gasteiger partial charge in [-0.15, -0.1) is 0 Å². The van der Waals surface area contributed by atoms with Gasteiger partial charge in [-0.3, -0.25) is 4.79 Å². The largest absolute Gasteiger partial charge is 0.497 e. The van der Waals surface area contributed by atoms with Crippen molar-refractivity contribution < 1.29 is 23.7 Å². The maximum atomic E-state index is 12.5. The van der Waals surface area contributed by atoms with Crippen LogP contribution in [0.4, 0.5) is 0 Å². The molecule has 3 rings (SSSR count). The van der Waals surface area contributed by atoms with E-state index in [-0.39, 0.29) is 0 Å². The molecule has 1 N–H and O–H groups in total. The standard InChI is InChI=1S/C25H25ClN2O5/c1-4-32-24-13-17(9-12-22(24)33-16-18-7-5-6-8-21(18)26)15-27-28-25(29)20-11-10-19(30-2)14-23(20)31-3/h5-15H,4,16H2,1-3H3,(H,28,29)/b27-15-. The number of amides is 1. The molecule has 7 nitrogen and oxygen atoms in total. The number of halogens is 1. The van der Waals surface area contributed by atoms with Gasteiger partial charge >= 0.3 is 0 Å². The number of hydrazone groups is 1. The Hall–Kier alpha value is -3.71. The van der Waals surface area contributed by atoms with Gasteiger partial charge in [-0.25, -0.2) is 5.43 Å². The number of rotatable bonds is 10. The SMILES string of the molecule is CCOc1cc(/C=N\NC(=O)c2ccc(OC)cc2OC)ccc1OCc1ccccc1Cl. The van der Waals surface area contributed by atoms with Crippen LogP contribution in [-0.2, 0) is 6.61 Å². The van der Waals surface area contributed by atoms with Crippen molar-refractivity contribution in [2.75, 3.05) is 20.8 Å². The van der Waals surface area contributed by atoms with Gasteiger partial charge in [0.25, 0.3) is 5.91 Å². The van der Waals surface area contributed by atoms with Crippen LogP contribution in [-0.4, -0.2) is 32.9 Å². The van der Waals surface area contributed by atoms with Crippen molar-refractivity contribution >= 4 is 23.7 Å². The molecule has 0 aliphatic carbocycles. The number of methoxy groups -OCH3 is 2. The van der Waals surface area contributed by atoms with Crippen LogP contribution in [0.25, 0.3) is 0 Å². The minimum Gasteiger partial charge on any atom is -0.497 e. The van der Waals surface area contributed by atoms with Gasteiger partial charge in [-0.2, -0.15) is 5.10 Å². The molecule has 3 aromatic rings. The number of hydrogen-bond donors (Lipinski definition) is 1. The van der Waals surface area contributed by atoms with E-state index in [1.54, 1.807) is 37.4 Å². The summed E-state index contributed by atoms with van der Waals surface area (Å²) in [6.45, 7) is 2.67. The van der Waals surface area contributed by atoms with Gasteiger partial charge < -0.3 is 18.9 Å². The average molecular weight is 469 g/mol. The number of hydrogen-bond acceptors (Lipinski definition) is 6. The summed E-state index contributed by atoms with van der Waals surface area (Å²) in [5.41, 5.74) is 4.45. The Morgan fingerprint density at radius 3 is 2.52 bits per heavy atom. The number of nitrogens with zero attached hydrogens (tertiary/aromatic N) is 1. The summed E-state index contributed by atoms with van der Waals surface area (Å²) in [6, 6.07) is 17.8. The van der Waals surface area contributed by atoms with Crippen molar-refractivity contribution in [3.05, 3.63) is 82.4 Å². The van der Waals surface area contributed by atoms with Crippen LogP contribution in [0.15, 0.2) is 65.8 Å². The van der Waals surface area contributed by atoms with E-state index in [1.807, 2.05) is 37.3 Å². The second kappa shape index (κ2) is 11.8. The minimum absolute atomic E-state index is 0.312. The molecule has 0 fully saturated rings. The molecule has 0 aliphatic rings. The average Bonchev–Trinajstić information content (AvgIpc) is 2.84. The molecule has 0 atom stereocenters. The first-order valence-corrected chi connectivity index (χ1v) is 10.6. The van der Waals surface area contributed by atoms with Crippen LogP contribution in [0.5, 0.6) is 23.0 Å². The van der Waals surface area contributed by atoms with E-state index in [0.717, 1.165) is 11.1 Å². The monoisotopic (exact) mass is 468 g/mol. The Kier molecular flexibility index (Phi) is 8.55. The molecule has 1 amide bonds. The molecule has 172 valence electrons. The maximum Gasteiger partial charge on any atom is 0.275 e. The molecule has 8 heteroatoms. The zero-order valence-corrected chi connectivity index (χ0v) is 19.4. The lowest BCUT2D eigenvalue weighted by molar-refractivity contribution is 0.0952. The van der Waals surface area contributed by atoms with Crippen molar-refractivity contribution in [2.45, 2.75) is 13.5 Å². The third kappa shape index (κ3) is 6.40. The highest BCUT2D eigenvalue weighted by molar-refractivity contribution is 6.31. The lowest BCUT2D eigenvalue weighted by Crippen LogP contribution is -2.18. The third-order valence-corrected chi connectivity index (χ3v) is 5.01. The molecule has 0 aliphatic heterocycles. The first-order valence-electron chi connectivity index (χ1n) is 10.2. The fraction of sp³-hybridized carbons (Fsp3) is 0.200. The number of benzene rings is 3. The van der Waals surface area contributed by atoms with Crippen LogP contribution in [0, 0.1) is 0 Å². The summed E-state index contributed by atoms with van der Waals surface area (Å²) in [5, 5.41) is 4.69. The highest BCUT2D eigenvalue weighted by Gasteiger charge is 2.13. The lowest BCUT2D eigenvalue weighted by atomic mass is 10.2. The Labute approximate surface area is 197 Å². The first kappa shape index (κ1) is 23.9. The Morgan fingerprint density at radius 2 is 1.79 bits per heavy atom. The van der Waals surface area contributed by atoms with Crippen molar-refractivity contribution in [1.29, 1.82) is 0 Å². The van der Waals surface area contributed by atoms with Gasteiger partial charge in [0, 0.05) is 16.7 Å². The van der Waals surface area contributed by atoms with E-state index in [9.17, 15) is 4.79 Å². The summed E-state index contributed by atoms with van der Waals surface area (Å²) < 4.78 is 22.0. The van der Waals surface area contributed by atoms with Crippen LogP contribution >= 0.6 is 11.6 Å². The summed E-state index contributed by atoms with van der Waals surface area (Å²) in [4.78, 5) is 12.5. The summed E-state index contributed by atoms with van der Waals surface area (Å²) in [5.74, 6) is 1.72. The Bertz CT molecular complexity index is 1130. The summed E-state index contributed by atoms with van der Waals surface area (Å²) in [6.07, 6.45) is 1.52. The van der Waals surface area contributed by atoms with Gasteiger partial charge in [0.1, 0.15) is 18.1 Å². The van der Waals surface area contributed by atoms with Crippen LogP contribution in [0.3, 0.4) is 0 Å². The van der Waals surface area contributed by atoms with Gasteiger partial charge in [-0.05, 0) is 48.9 Å².